The van der Waals surface area contributed by atoms with Gasteiger partial charge in [-0.05, 0) is 33.6 Å². The Morgan fingerprint density at radius 1 is 1.20 bits per heavy atom. The number of aliphatic hydroxyl groups is 1. The Labute approximate surface area is 149 Å². The highest BCUT2D eigenvalue weighted by molar-refractivity contribution is 6.01. The minimum atomic E-state index is -0.955. The molecule has 0 aromatic heterocycles. The van der Waals surface area contributed by atoms with E-state index < -0.39 is 29.6 Å². The second-order valence-corrected chi connectivity index (χ2v) is 7.38. The molecule has 7 heteroatoms. The van der Waals surface area contributed by atoms with Crippen LogP contribution in [0.1, 0.15) is 59.3 Å². The molecule has 1 rings (SSSR count). The molecule has 0 bridgehead atoms. The third-order valence-electron chi connectivity index (χ3n) is 4.22. The first kappa shape index (κ1) is 21.4. The van der Waals surface area contributed by atoms with Crippen molar-refractivity contribution in [3.8, 4) is 0 Å². The highest BCUT2D eigenvalue weighted by atomic mass is 16.6. The number of amides is 1. The molecule has 2 atom stereocenters. The number of ether oxygens (including phenoxy) is 2. The molecule has 0 aliphatic carbocycles. The topological polar surface area (TPSA) is 93.1 Å². The van der Waals surface area contributed by atoms with Crippen LogP contribution in [0.2, 0.25) is 0 Å². The summed E-state index contributed by atoms with van der Waals surface area (Å²) in [5, 5.41) is 8.84. The molecular formula is C18H31NO6. The molecule has 0 radical (unpaired) electrons. The van der Waals surface area contributed by atoms with E-state index in [9.17, 15) is 14.4 Å². The third kappa shape index (κ3) is 6.65. The molecule has 1 N–H and O–H groups in total. The van der Waals surface area contributed by atoms with Crippen LogP contribution in [0.15, 0.2) is 0 Å². The smallest absolute Gasteiger partial charge is 0.410 e. The number of carbonyl (C=O) groups excluding carboxylic acids is 3. The molecule has 1 aliphatic rings. The zero-order valence-corrected chi connectivity index (χ0v) is 15.7. The number of Topliss-reactive ketones (excluding diaryl/α,β-unsaturated/α-hetero) is 1. The lowest BCUT2D eigenvalue weighted by Gasteiger charge is -2.39. The van der Waals surface area contributed by atoms with Crippen molar-refractivity contribution in [3.63, 3.8) is 0 Å². The first-order valence-corrected chi connectivity index (χ1v) is 8.92. The average Bonchev–Trinajstić information content (AvgIpc) is 2.52. The van der Waals surface area contributed by atoms with Crippen molar-refractivity contribution in [3.05, 3.63) is 0 Å². The average molecular weight is 357 g/mol. The Hall–Kier alpha value is -1.63. The van der Waals surface area contributed by atoms with Crippen molar-refractivity contribution in [2.24, 2.45) is 5.92 Å². The highest BCUT2D eigenvalue weighted by Crippen LogP contribution is 2.28. The van der Waals surface area contributed by atoms with Gasteiger partial charge >= 0.3 is 12.1 Å². The van der Waals surface area contributed by atoms with Crippen LogP contribution < -0.4 is 0 Å². The number of carbonyl (C=O) groups is 3. The van der Waals surface area contributed by atoms with E-state index in [0.717, 1.165) is 25.7 Å². The Bertz CT molecular complexity index is 463. The number of ketones is 1. The molecule has 144 valence electrons. The Morgan fingerprint density at radius 2 is 1.84 bits per heavy atom. The summed E-state index contributed by atoms with van der Waals surface area (Å²) in [7, 11) is 1.25. The quantitative estimate of drug-likeness (QED) is 0.427. The van der Waals surface area contributed by atoms with E-state index in [2.05, 4.69) is 0 Å². The van der Waals surface area contributed by atoms with Crippen molar-refractivity contribution in [1.82, 2.24) is 4.90 Å². The first-order valence-electron chi connectivity index (χ1n) is 8.92. The molecule has 1 fully saturated rings. The maximum absolute atomic E-state index is 12.5. The third-order valence-corrected chi connectivity index (χ3v) is 4.22. The summed E-state index contributed by atoms with van der Waals surface area (Å²) in [4.78, 5) is 38.4. The van der Waals surface area contributed by atoms with Crippen LogP contribution in [-0.4, -0.2) is 59.8 Å². The molecule has 1 saturated heterocycles. The molecule has 0 spiro atoms. The van der Waals surface area contributed by atoms with Crippen LogP contribution >= 0.6 is 0 Å². The number of hydrogen-bond donors (Lipinski definition) is 1. The second-order valence-electron chi connectivity index (χ2n) is 7.38. The minimum Gasteiger partial charge on any atom is -0.468 e. The number of unbranched alkanes of at least 4 members (excludes halogenated alkanes) is 3. The lowest BCUT2D eigenvalue weighted by molar-refractivity contribution is -0.154. The van der Waals surface area contributed by atoms with Crippen LogP contribution in [0.5, 0.6) is 0 Å². The largest absolute Gasteiger partial charge is 0.468 e. The number of hydrogen-bond acceptors (Lipinski definition) is 6. The van der Waals surface area contributed by atoms with Crippen molar-refractivity contribution >= 4 is 17.8 Å². The van der Waals surface area contributed by atoms with Gasteiger partial charge in [-0.25, -0.2) is 4.79 Å². The summed E-state index contributed by atoms with van der Waals surface area (Å²) in [5.74, 6) is -1.74. The summed E-state index contributed by atoms with van der Waals surface area (Å²) in [6.07, 6.45) is 3.35. The van der Waals surface area contributed by atoms with Gasteiger partial charge in [0.2, 0.25) is 0 Å². The summed E-state index contributed by atoms with van der Waals surface area (Å²) in [6.45, 7) is 5.74. The normalized spacial score (nSPS) is 21.2. The fraction of sp³-hybridized carbons (Fsp3) is 0.833. The molecule has 0 aromatic carbocycles. The number of likely N-dealkylation sites (tertiary alicyclic amines) is 1. The molecule has 0 saturated carbocycles. The summed E-state index contributed by atoms with van der Waals surface area (Å²) < 4.78 is 10.2. The number of methoxy groups -OCH3 is 1. The molecule has 25 heavy (non-hydrogen) atoms. The maximum Gasteiger partial charge on any atom is 0.410 e. The van der Waals surface area contributed by atoms with Crippen LogP contribution in [0, 0.1) is 5.92 Å². The van der Waals surface area contributed by atoms with Gasteiger partial charge in [-0.1, -0.05) is 19.3 Å². The number of rotatable bonds is 7. The van der Waals surface area contributed by atoms with Gasteiger partial charge in [-0.3, -0.25) is 9.59 Å². The van der Waals surface area contributed by atoms with Gasteiger partial charge in [0.05, 0.1) is 13.2 Å². The summed E-state index contributed by atoms with van der Waals surface area (Å²) >= 11 is 0. The van der Waals surface area contributed by atoms with Crippen molar-refractivity contribution < 1.29 is 29.0 Å². The summed E-state index contributed by atoms with van der Waals surface area (Å²) in [6, 6.07) is -0.544. The van der Waals surface area contributed by atoms with E-state index in [1.54, 1.807) is 20.8 Å². The number of piperidine rings is 1. The van der Waals surface area contributed by atoms with E-state index in [-0.39, 0.29) is 25.4 Å². The monoisotopic (exact) mass is 357 g/mol. The fourth-order valence-corrected chi connectivity index (χ4v) is 3.05. The van der Waals surface area contributed by atoms with E-state index in [1.165, 1.54) is 12.0 Å². The Morgan fingerprint density at radius 3 is 2.40 bits per heavy atom. The standard InChI is InChI=1S/C18H31NO6/c1-18(2,3)25-17(23)19-11-10-14(21)15(16(22)24-4)13(19)9-7-5-6-8-12-20/h13,15,20H,5-12H2,1-4H3/t13-,15?/m1/s1. The van der Waals surface area contributed by atoms with Gasteiger partial charge in [-0.2, -0.15) is 0 Å². The zero-order valence-electron chi connectivity index (χ0n) is 15.7. The number of aliphatic hydroxyl groups excluding tert-OH is 1. The van der Waals surface area contributed by atoms with Crippen LogP contribution in [-0.2, 0) is 19.1 Å². The predicted octanol–water partition coefficient (Wildman–Crippen LogP) is 2.30. The Balaban J connectivity index is 2.89. The molecule has 1 aliphatic heterocycles. The molecule has 1 amide bonds. The predicted molar refractivity (Wildman–Crippen MR) is 92.0 cm³/mol. The van der Waals surface area contributed by atoms with Gasteiger partial charge < -0.3 is 19.5 Å². The second kappa shape index (κ2) is 9.75. The Kier molecular flexibility index (Phi) is 8.35. The van der Waals surface area contributed by atoms with E-state index in [4.69, 9.17) is 14.6 Å². The van der Waals surface area contributed by atoms with Gasteiger partial charge in [0.15, 0.2) is 5.78 Å². The highest BCUT2D eigenvalue weighted by Gasteiger charge is 2.44. The van der Waals surface area contributed by atoms with Crippen molar-refractivity contribution in [2.45, 2.75) is 70.9 Å². The van der Waals surface area contributed by atoms with Crippen molar-refractivity contribution in [1.29, 1.82) is 0 Å². The maximum atomic E-state index is 12.5. The van der Waals surface area contributed by atoms with Crippen LogP contribution in [0.4, 0.5) is 4.79 Å². The number of esters is 1. The zero-order chi connectivity index (χ0) is 19.0. The van der Waals surface area contributed by atoms with Gasteiger partial charge in [0.1, 0.15) is 11.5 Å². The van der Waals surface area contributed by atoms with Gasteiger partial charge in [0, 0.05) is 19.6 Å². The molecular weight excluding hydrogens is 326 g/mol. The van der Waals surface area contributed by atoms with E-state index >= 15 is 0 Å². The van der Waals surface area contributed by atoms with E-state index in [1.807, 2.05) is 0 Å². The van der Waals surface area contributed by atoms with E-state index in [0.29, 0.717) is 6.42 Å². The minimum absolute atomic E-state index is 0.125. The fourth-order valence-electron chi connectivity index (χ4n) is 3.05. The molecule has 7 nitrogen and oxygen atoms in total. The number of nitrogens with zero attached hydrogens (tertiary/aromatic N) is 1. The van der Waals surface area contributed by atoms with Crippen molar-refractivity contribution in [2.75, 3.05) is 20.3 Å². The molecule has 0 aromatic rings. The van der Waals surface area contributed by atoms with Crippen LogP contribution in [0.25, 0.3) is 0 Å². The van der Waals surface area contributed by atoms with Crippen LogP contribution in [0.3, 0.4) is 0 Å². The lowest BCUT2D eigenvalue weighted by Crippen LogP contribution is -2.55. The first-order chi connectivity index (χ1) is 11.7. The molecule has 1 heterocycles. The van der Waals surface area contributed by atoms with Gasteiger partial charge in [-0.15, -0.1) is 0 Å². The SMILES string of the molecule is COC(=O)C1C(=O)CCN(C(=O)OC(C)(C)C)[C@@H]1CCCCCCO. The van der Waals surface area contributed by atoms with Gasteiger partial charge in [0.25, 0.3) is 0 Å². The lowest BCUT2D eigenvalue weighted by atomic mass is 9.85. The summed E-state index contributed by atoms with van der Waals surface area (Å²) in [5.41, 5.74) is -0.648. The molecule has 1 unspecified atom stereocenters.